The average Bonchev–Trinajstić information content (AvgIpc) is 2.41. The third kappa shape index (κ3) is 3.06. The molecule has 0 unspecified atom stereocenters. The molecule has 0 saturated carbocycles. The molecule has 2 N–H and O–H groups in total. The van der Waals surface area contributed by atoms with Crippen molar-refractivity contribution < 1.29 is 9.90 Å². The maximum Gasteiger partial charge on any atom is 0.123 e. The molecule has 2 rings (SSSR count). The van der Waals surface area contributed by atoms with Gasteiger partial charge in [-0.3, -0.25) is 0 Å². The summed E-state index contributed by atoms with van der Waals surface area (Å²) in [4.78, 5) is 10.2. The molecule has 1 saturated heterocycles. The van der Waals surface area contributed by atoms with E-state index in [2.05, 4.69) is 5.32 Å². The quantitative estimate of drug-likeness (QED) is 0.796. The van der Waals surface area contributed by atoms with Crippen molar-refractivity contribution >= 4 is 12.4 Å². The van der Waals surface area contributed by atoms with Gasteiger partial charge in [-0.25, -0.2) is 0 Å². The number of piperidine rings is 1. The average molecular weight is 245 g/mol. The van der Waals surface area contributed by atoms with E-state index >= 15 is 0 Å². The van der Waals surface area contributed by atoms with Crippen molar-refractivity contribution in [3.05, 3.63) is 41.5 Å². The Morgan fingerprint density at radius 1 is 1.22 bits per heavy atom. The van der Waals surface area contributed by atoms with E-state index in [9.17, 15) is 9.90 Å². The van der Waals surface area contributed by atoms with Crippen LogP contribution in [-0.2, 0) is 10.4 Å². The standard InChI is InChI=1S/C15H19NO2/c17-12-2-1-3-13-4-6-14(7-5-13)15(18)8-10-16-11-9-15/h1,3-7,12,16,18H,2,8-11H2. The maximum absolute atomic E-state index is 10.5. The Balaban J connectivity index is 2.09. The first-order valence-electron chi connectivity index (χ1n) is 6.38. The summed E-state index contributed by atoms with van der Waals surface area (Å²) < 4.78 is 0. The Kier molecular flexibility index (Phi) is 4.28. The molecule has 0 atom stereocenters. The SMILES string of the molecule is O=CCC=Cc1ccc(C2(O)CCNCC2)cc1. The minimum atomic E-state index is -0.684. The maximum atomic E-state index is 10.5. The zero-order valence-electron chi connectivity index (χ0n) is 10.4. The molecule has 3 heteroatoms. The van der Waals surface area contributed by atoms with Crippen molar-refractivity contribution in [2.45, 2.75) is 24.9 Å². The minimum Gasteiger partial charge on any atom is -0.385 e. The highest BCUT2D eigenvalue weighted by atomic mass is 16.3. The molecule has 0 bridgehead atoms. The Bertz CT molecular complexity index is 417. The number of aldehydes is 1. The summed E-state index contributed by atoms with van der Waals surface area (Å²) in [5.41, 5.74) is 1.35. The van der Waals surface area contributed by atoms with Gasteiger partial charge in [0, 0.05) is 6.42 Å². The number of nitrogens with one attached hydrogen (secondary N) is 1. The lowest BCUT2D eigenvalue weighted by molar-refractivity contribution is -0.107. The molecule has 1 aromatic carbocycles. The number of hydrogen-bond donors (Lipinski definition) is 2. The molecule has 0 aromatic heterocycles. The van der Waals surface area contributed by atoms with E-state index in [0.717, 1.165) is 43.3 Å². The van der Waals surface area contributed by atoms with Crippen LogP contribution in [0.15, 0.2) is 30.3 Å². The lowest BCUT2D eigenvalue weighted by Gasteiger charge is -2.33. The molecule has 3 nitrogen and oxygen atoms in total. The van der Waals surface area contributed by atoms with Crippen LogP contribution in [0.5, 0.6) is 0 Å². The van der Waals surface area contributed by atoms with E-state index < -0.39 is 5.60 Å². The van der Waals surface area contributed by atoms with Crippen LogP contribution in [0.25, 0.3) is 6.08 Å². The number of hydrogen-bond acceptors (Lipinski definition) is 3. The number of aliphatic hydroxyl groups is 1. The zero-order chi connectivity index (χ0) is 12.8. The van der Waals surface area contributed by atoms with Gasteiger partial charge < -0.3 is 15.2 Å². The van der Waals surface area contributed by atoms with E-state index in [-0.39, 0.29) is 0 Å². The van der Waals surface area contributed by atoms with Crippen LogP contribution >= 0.6 is 0 Å². The normalized spacial score (nSPS) is 18.9. The smallest absolute Gasteiger partial charge is 0.123 e. The highest BCUT2D eigenvalue weighted by Gasteiger charge is 2.30. The predicted molar refractivity (Wildman–Crippen MR) is 72.2 cm³/mol. The van der Waals surface area contributed by atoms with Crippen LogP contribution in [0.2, 0.25) is 0 Å². The third-order valence-electron chi connectivity index (χ3n) is 3.42. The van der Waals surface area contributed by atoms with E-state index in [1.807, 2.05) is 36.4 Å². The van der Waals surface area contributed by atoms with Crippen molar-refractivity contribution in [1.29, 1.82) is 0 Å². The molecule has 0 aliphatic carbocycles. The van der Waals surface area contributed by atoms with Gasteiger partial charge in [0.25, 0.3) is 0 Å². The van der Waals surface area contributed by atoms with Gasteiger partial charge in [-0.2, -0.15) is 0 Å². The molecule has 1 fully saturated rings. The molecular weight excluding hydrogens is 226 g/mol. The summed E-state index contributed by atoms with van der Waals surface area (Å²) in [5.74, 6) is 0. The fraction of sp³-hybridized carbons (Fsp3) is 0.400. The lowest BCUT2D eigenvalue weighted by Crippen LogP contribution is -2.39. The molecule has 18 heavy (non-hydrogen) atoms. The topological polar surface area (TPSA) is 49.3 Å². The molecule has 1 aromatic rings. The lowest BCUT2D eigenvalue weighted by atomic mass is 9.85. The molecule has 96 valence electrons. The summed E-state index contributed by atoms with van der Waals surface area (Å²) >= 11 is 0. The van der Waals surface area contributed by atoms with Gasteiger partial charge in [-0.15, -0.1) is 0 Å². The van der Waals surface area contributed by atoms with Crippen LogP contribution < -0.4 is 5.32 Å². The molecule has 0 spiro atoms. The summed E-state index contributed by atoms with van der Waals surface area (Å²) in [6.07, 6.45) is 6.59. The predicted octanol–water partition coefficient (Wildman–Crippen LogP) is 1.86. The van der Waals surface area contributed by atoms with Crippen molar-refractivity contribution in [1.82, 2.24) is 5.32 Å². The Labute approximate surface area is 108 Å². The monoisotopic (exact) mass is 245 g/mol. The fourth-order valence-electron chi connectivity index (χ4n) is 2.29. The van der Waals surface area contributed by atoms with Gasteiger partial charge in [-0.1, -0.05) is 36.4 Å². The van der Waals surface area contributed by atoms with E-state index in [1.54, 1.807) is 0 Å². The molecule has 1 aliphatic heterocycles. The van der Waals surface area contributed by atoms with Gasteiger partial charge in [0.05, 0.1) is 5.60 Å². The van der Waals surface area contributed by atoms with Crippen LogP contribution in [0.4, 0.5) is 0 Å². The second kappa shape index (κ2) is 5.94. The molecule has 1 aliphatic rings. The summed E-state index contributed by atoms with van der Waals surface area (Å²) in [6, 6.07) is 7.92. The number of benzene rings is 1. The second-order valence-electron chi connectivity index (χ2n) is 4.71. The Morgan fingerprint density at radius 3 is 2.50 bits per heavy atom. The number of carbonyl (C=O) groups excluding carboxylic acids is 1. The van der Waals surface area contributed by atoms with Crippen molar-refractivity contribution in [3.8, 4) is 0 Å². The molecule has 1 heterocycles. The second-order valence-corrected chi connectivity index (χ2v) is 4.71. The van der Waals surface area contributed by atoms with Crippen molar-refractivity contribution in [2.75, 3.05) is 13.1 Å². The molecular formula is C15H19NO2. The number of rotatable bonds is 4. The van der Waals surface area contributed by atoms with Gasteiger partial charge in [-0.05, 0) is 37.1 Å². The highest BCUT2D eigenvalue weighted by Crippen LogP contribution is 2.30. The van der Waals surface area contributed by atoms with E-state index in [1.165, 1.54) is 0 Å². The van der Waals surface area contributed by atoms with E-state index in [0.29, 0.717) is 6.42 Å². The Morgan fingerprint density at radius 2 is 1.89 bits per heavy atom. The van der Waals surface area contributed by atoms with Gasteiger partial charge in [0.1, 0.15) is 6.29 Å². The van der Waals surface area contributed by atoms with Crippen LogP contribution in [-0.4, -0.2) is 24.5 Å². The van der Waals surface area contributed by atoms with Crippen LogP contribution in [0.3, 0.4) is 0 Å². The molecule has 0 radical (unpaired) electrons. The summed E-state index contributed by atoms with van der Waals surface area (Å²) in [6.45, 7) is 1.72. The summed E-state index contributed by atoms with van der Waals surface area (Å²) in [7, 11) is 0. The fourth-order valence-corrected chi connectivity index (χ4v) is 2.29. The first kappa shape index (κ1) is 13.0. The van der Waals surface area contributed by atoms with Crippen LogP contribution in [0.1, 0.15) is 30.4 Å². The highest BCUT2D eigenvalue weighted by molar-refractivity contribution is 5.58. The van der Waals surface area contributed by atoms with E-state index in [4.69, 9.17) is 0 Å². The number of allylic oxidation sites excluding steroid dienone is 1. The van der Waals surface area contributed by atoms with Crippen molar-refractivity contribution in [3.63, 3.8) is 0 Å². The third-order valence-corrected chi connectivity index (χ3v) is 3.42. The van der Waals surface area contributed by atoms with Gasteiger partial charge >= 0.3 is 0 Å². The molecule has 0 amide bonds. The first-order chi connectivity index (χ1) is 8.74. The zero-order valence-corrected chi connectivity index (χ0v) is 10.4. The largest absolute Gasteiger partial charge is 0.385 e. The Hall–Kier alpha value is -1.45. The number of carbonyl (C=O) groups is 1. The summed E-state index contributed by atoms with van der Waals surface area (Å²) in [5, 5.41) is 13.8. The van der Waals surface area contributed by atoms with Gasteiger partial charge in [0.15, 0.2) is 0 Å². The van der Waals surface area contributed by atoms with Gasteiger partial charge in [0.2, 0.25) is 0 Å². The van der Waals surface area contributed by atoms with Crippen LogP contribution in [0, 0.1) is 0 Å². The van der Waals surface area contributed by atoms with Crippen molar-refractivity contribution in [2.24, 2.45) is 0 Å². The minimum absolute atomic E-state index is 0.442. The first-order valence-corrected chi connectivity index (χ1v) is 6.38.